The number of aryl methyl sites for hydroxylation is 1. The second kappa shape index (κ2) is 4.88. The largest absolute Gasteiger partial charge is 0.439 e. The van der Waals surface area contributed by atoms with Gasteiger partial charge in [-0.2, -0.15) is 0 Å². The highest BCUT2D eigenvalue weighted by Gasteiger charge is 2.06. The molecule has 0 aliphatic rings. The molecule has 1 aromatic heterocycles. The molecule has 0 saturated carbocycles. The molecule has 0 aliphatic carbocycles. The fraction of sp³-hybridized carbons (Fsp3) is 0.167. The van der Waals surface area contributed by atoms with E-state index >= 15 is 0 Å². The van der Waals surface area contributed by atoms with Gasteiger partial charge in [-0.1, -0.05) is 0 Å². The van der Waals surface area contributed by atoms with Gasteiger partial charge in [-0.25, -0.2) is 14.4 Å². The molecule has 0 amide bonds. The van der Waals surface area contributed by atoms with E-state index in [-0.39, 0.29) is 18.3 Å². The van der Waals surface area contributed by atoms with Crippen LogP contribution in [0, 0.1) is 12.7 Å². The molecule has 17 heavy (non-hydrogen) atoms. The van der Waals surface area contributed by atoms with Crippen molar-refractivity contribution in [1.29, 1.82) is 0 Å². The van der Waals surface area contributed by atoms with Gasteiger partial charge in [-0.3, -0.25) is 0 Å². The van der Waals surface area contributed by atoms with Gasteiger partial charge in [0.25, 0.3) is 0 Å². The first-order valence-electron chi connectivity index (χ1n) is 5.04. The summed E-state index contributed by atoms with van der Waals surface area (Å²) in [5, 5.41) is 9.08. The summed E-state index contributed by atoms with van der Waals surface area (Å²) in [6.45, 7) is 1.44. The lowest BCUT2D eigenvalue weighted by atomic mass is 10.2. The molecule has 1 heterocycles. The minimum Gasteiger partial charge on any atom is -0.439 e. The van der Waals surface area contributed by atoms with Crippen molar-refractivity contribution in [3.05, 3.63) is 47.7 Å². The Bertz CT molecular complexity index is 532. The number of nitrogens with zero attached hydrogens (tertiary/aromatic N) is 2. The van der Waals surface area contributed by atoms with E-state index in [1.165, 1.54) is 24.7 Å². The van der Waals surface area contributed by atoms with E-state index in [9.17, 15) is 4.39 Å². The molecular weight excluding hydrogens is 223 g/mol. The average Bonchev–Trinajstić information content (AvgIpc) is 2.34. The van der Waals surface area contributed by atoms with Gasteiger partial charge in [-0.05, 0) is 30.7 Å². The highest BCUT2D eigenvalue weighted by atomic mass is 19.1. The van der Waals surface area contributed by atoms with Gasteiger partial charge in [0.05, 0.1) is 12.2 Å². The average molecular weight is 234 g/mol. The topological polar surface area (TPSA) is 55.2 Å². The SMILES string of the molecule is Cc1cc(Oc2ncncc2CO)ccc1F. The van der Waals surface area contributed by atoms with Crippen LogP contribution < -0.4 is 4.74 Å². The Morgan fingerprint density at radius 3 is 2.94 bits per heavy atom. The lowest BCUT2D eigenvalue weighted by Gasteiger charge is -2.08. The predicted octanol–water partition coefficient (Wildman–Crippen LogP) is 2.21. The van der Waals surface area contributed by atoms with E-state index < -0.39 is 0 Å². The van der Waals surface area contributed by atoms with Crippen molar-refractivity contribution in [2.24, 2.45) is 0 Å². The van der Waals surface area contributed by atoms with Crippen LogP contribution in [-0.4, -0.2) is 15.1 Å². The molecule has 0 atom stereocenters. The molecule has 0 spiro atoms. The van der Waals surface area contributed by atoms with E-state index in [0.29, 0.717) is 16.9 Å². The highest BCUT2D eigenvalue weighted by molar-refractivity contribution is 5.33. The first kappa shape index (κ1) is 11.5. The maximum absolute atomic E-state index is 13.1. The number of rotatable bonds is 3. The number of aliphatic hydroxyl groups is 1. The lowest BCUT2D eigenvalue weighted by molar-refractivity contribution is 0.274. The van der Waals surface area contributed by atoms with E-state index in [1.807, 2.05) is 0 Å². The fourth-order valence-electron chi connectivity index (χ4n) is 1.34. The Kier molecular flexibility index (Phi) is 3.30. The normalized spacial score (nSPS) is 10.3. The number of benzene rings is 1. The van der Waals surface area contributed by atoms with Crippen LogP contribution in [0.5, 0.6) is 11.6 Å². The maximum Gasteiger partial charge on any atom is 0.227 e. The second-order valence-electron chi connectivity index (χ2n) is 3.52. The van der Waals surface area contributed by atoms with Crippen LogP contribution >= 0.6 is 0 Å². The smallest absolute Gasteiger partial charge is 0.227 e. The Hall–Kier alpha value is -2.01. The quantitative estimate of drug-likeness (QED) is 0.884. The van der Waals surface area contributed by atoms with E-state index in [2.05, 4.69) is 9.97 Å². The minimum absolute atomic E-state index is 0.212. The van der Waals surface area contributed by atoms with Gasteiger partial charge in [-0.15, -0.1) is 0 Å². The molecule has 2 rings (SSSR count). The predicted molar refractivity (Wildman–Crippen MR) is 59.2 cm³/mol. The molecule has 0 aliphatic heterocycles. The summed E-state index contributed by atoms with van der Waals surface area (Å²) in [6.07, 6.45) is 2.80. The number of aliphatic hydroxyl groups excluding tert-OH is 1. The molecule has 0 unspecified atom stereocenters. The Morgan fingerprint density at radius 1 is 1.41 bits per heavy atom. The Balaban J connectivity index is 2.28. The highest BCUT2D eigenvalue weighted by Crippen LogP contribution is 2.23. The molecule has 2 aromatic rings. The van der Waals surface area contributed by atoms with Crippen LogP contribution in [0.1, 0.15) is 11.1 Å². The number of aromatic nitrogens is 2. The molecule has 88 valence electrons. The Morgan fingerprint density at radius 2 is 2.24 bits per heavy atom. The van der Waals surface area contributed by atoms with Crippen LogP contribution in [0.2, 0.25) is 0 Å². The summed E-state index contributed by atoms with van der Waals surface area (Å²) in [4.78, 5) is 7.69. The maximum atomic E-state index is 13.1. The summed E-state index contributed by atoms with van der Waals surface area (Å²) < 4.78 is 18.5. The molecule has 0 fully saturated rings. The molecule has 5 heteroatoms. The molecule has 0 bridgehead atoms. The summed E-state index contributed by atoms with van der Waals surface area (Å²) in [6, 6.07) is 4.40. The standard InChI is InChI=1S/C12H11FN2O2/c1-8-4-10(2-3-11(8)13)17-12-9(6-16)5-14-7-15-12/h2-5,7,16H,6H2,1H3. The molecule has 1 N–H and O–H groups in total. The van der Waals surface area contributed by atoms with Crippen molar-refractivity contribution in [2.75, 3.05) is 0 Å². The van der Waals surface area contributed by atoms with Crippen LogP contribution in [-0.2, 0) is 6.61 Å². The third-order valence-electron chi connectivity index (χ3n) is 2.26. The van der Waals surface area contributed by atoms with Crippen molar-refractivity contribution < 1.29 is 14.2 Å². The third-order valence-corrected chi connectivity index (χ3v) is 2.26. The summed E-state index contributed by atoms with van der Waals surface area (Å²) >= 11 is 0. The van der Waals surface area contributed by atoms with Gasteiger partial charge in [0.2, 0.25) is 5.88 Å². The van der Waals surface area contributed by atoms with Gasteiger partial charge in [0, 0.05) is 6.20 Å². The molecular formula is C12H11FN2O2. The monoisotopic (exact) mass is 234 g/mol. The minimum atomic E-state index is -0.289. The van der Waals surface area contributed by atoms with Crippen molar-refractivity contribution in [3.8, 4) is 11.6 Å². The molecule has 0 saturated heterocycles. The molecule has 0 radical (unpaired) electrons. The number of halogens is 1. The van der Waals surface area contributed by atoms with Crippen molar-refractivity contribution in [1.82, 2.24) is 9.97 Å². The zero-order valence-corrected chi connectivity index (χ0v) is 9.22. The van der Waals surface area contributed by atoms with E-state index in [0.717, 1.165) is 0 Å². The van der Waals surface area contributed by atoms with Crippen molar-refractivity contribution in [2.45, 2.75) is 13.5 Å². The summed E-state index contributed by atoms with van der Waals surface area (Å²) in [7, 11) is 0. The zero-order valence-electron chi connectivity index (χ0n) is 9.22. The van der Waals surface area contributed by atoms with Crippen LogP contribution in [0.25, 0.3) is 0 Å². The van der Waals surface area contributed by atoms with Crippen LogP contribution in [0.15, 0.2) is 30.7 Å². The number of ether oxygens (including phenoxy) is 1. The first-order chi connectivity index (χ1) is 8.20. The van der Waals surface area contributed by atoms with E-state index in [4.69, 9.17) is 9.84 Å². The summed E-state index contributed by atoms with van der Waals surface area (Å²) in [5.41, 5.74) is 0.969. The van der Waals surface area contributed by atoms with Gasteiger partial charge >= 0.3 is 0 Å². The Labute approximate surface area is 97.7 Å². The first-order valence-corrected chi connectivity index (χ1v) is 5.04. The van der Waals surface area contributed by atoms with Crippen molar-refractivity contribution >= 4 is 0 Å². The second-order valence-corrected chi connectivity index (χ2v) is 3.52. The van der Waals surface area contributed by atoms with Crippen molar-refractivity contribution in [3.63, 3.8) is 0 Å². The van der Waals surface area contributed by atoms with E-state index in [1.54, 1.807) is 13.0 Å². The number of hydrogen-bond donors (Lipinski definition) is 1. The van der Waals surface area contributed by atoms with Crippen LogP contribution in [0.4, 0.5) is 4.39 Å². The van der Waals surface area contributed by atoms with Gasteiger partial charge in [0.1, 0.15) is 17.9 Å². The third kappa shape index (κ3) is 2.57. The zero-order chi connectivity index (χ0) is 12.3. The van der Waals surface area contributed by atoms with Gasteiger partial charge in [0.15, 0.2) is 0 Å². The number of hydrogen-bond acceptors (Lipinski definition) is 4. The fourth-order valence-corrected chi connectivity index (χ4v) is 1.34. The lowest BCUT2D eigenvalue weighted by Crippen LogP contribution is -1.96. The van der Waals surface area contributed by atoms with Crippen LogP contribution in [0.3, 0.4) is 0 Å². The van der Waals surface area contributed by atoms with Gasteiger partial charge < -0.3 is 9.84 Å². The molecule has 4 nitrogen and oxygen atoms in total. The summed E-state index contributed by atoms with van der Waals surface area (Å²) in [5.74, 6) is 0.452. The molecule has 1 aromatic carbocycles.